The van der Waals surface area contributed by atoms with Crippen molar-refractivity contribution >= 4 is 8.80 Å². The van der Waals surface area contributed by atoms with Crippen molar-refractivity contribution in [3.05, 3.63) is 34.6 Å². The first kappa shape index (κ1) is 20.3. The van der Waals surface area contributed by atoms with Gasteiger partial charge in [0.25, 0.3) is 0 Å². The SMILES string of the molecule is CCO[Si](O)(OCC)C1CCCC(c2c(F)c(F)c(F)c(F)c2F)C1. The molecule has 0 saturated heterocycles. The van der Waals surface area contributed by atoms with Crippen molar-refractivity contribution in [3.8, 4) is 0 Å². The Morgan fingerprint density at radius 1 is 0.880 bits per heavy atom. The fraction of sp³-hybridized carbons (Fsp3) is 0.625. The van der Waals surface area contributed by atoms with E-state index in [4.69, 9.17) is 8.85 Å². The maximum Gasteiger partial charge on any atom is 0.501 e. The Morgan fingerprint density at radius 2 is 1.36 bits per heavy atom. The molecule has 0 amide bonds. The number of benzene rings is 1. The van der Waals surface area contributed by atoms with Crippen LogP contribution in [0.15, 0.2) is 0 Å². The normalized spacial score (nSPS) is 21.6. The Labute approximate surface area is 144 Å². The lowest BCUT2D eigenvalue weighted by atomic mass is 9.83. The molecule has 1 aliphatic carbocycles. The summed E-state index contributed by atoms with van der Waals surface area (Å²) in [5.41, 5.74) is -1.33. The molecule has 1 N–H and O–H groups in total. The summed E-state index contributed by atoms with van der Waals surface area (Å²) in [7, 11) is -3.60. The third kappa shape index (κ3) is 3.89. The molecule has 3 nitrogen and oxygen atoms in total. The zero-order valence-electron chi connectivity index (χ0n) is 14.1. The van der Waals surface area contributed by atoms with Gasteiger partial charge in [0.05, 0.1) is 0 Å². The van der Waals surface area contributed by atoms with Crippen LogP contribution in [-0.4, -0.2) is 26.8 Å². The monoisotopic (exact) mass is 384 g/mol. The van der Waals surface area contributed by atoms with Gasteiger partial charge < -0.3 is 13.6 Å². The van der Waals surface area contributed by atoms with Crippen molar-refractivity contribution < 1.29 is 35.6 Å². The van der Waals surface area contributed by atoms with Crippen LogP contribution < -0.4 is 0 Å². The van der Waals surface area contributed by atoms with Crippen LogP contribution in [0.1, 0.15) is 51.0 Å². The van der Waals surface area contributed by atoms with E-state index in [2.05, 4.69) is 0 Å². The minimum absolute atomic E-state index is 0.0427. The van der Waals surface area contributed by atoms with Crippen LogP contribution in [0.2, 0.25) is 5.54 Å². The lowest BCUT2D eigenvalue weighted by Crippen LogP contribution is -2.48. The van der Waals surface area contributed by atoms with Crippen molar-refractivity contribution in [1.82, 2.24) is 0 Å². The second-order valence-corrected chi connectivity index (χ2v) is 8.70. The third-order valence-electron chi connectivity index (χ3n) is 4.54. The highest BCUT2D eigenvalue weighted by Crippen LogP contribution is 2.45. The van der Waals surface area contributed by atoms with Gasteiger partial charge >= 0.3 is 8.80 Å². The first-order chi connectivity index (χ1) is 11.8. The molecular formula is C16H21F5O3Si. The summed E-state index contributed by atoms with van der Waals surface area (Å²) in [5.74, 6) is -10.6. The maximum absolute atomic E-state index is 14.1. The highest BCUT2D eigenvalue weighted by molar-refractivity contribution is 6.61. The molecule has 25 heavy (non-hydrogen) atoms. The lowest BCUT2D eigenvalue weighted by Gasteiger charge is -2.37. The quantitative estimate of drug-likeness (QED) is 0.342. The summed E-state index contributed by atoms with van der Waals surface area (Å²) in [5, 5.41) is 0. The van der Waals surface area contributed by atoms with Gasteiger partial charge in [0.15, 0.2) is 23.3 Å². The first-order valence-corrected chi connectivity index (χ1v) is 10.1. The van der Waals surface area contributed by atoms with Gasteiger partial charge in [-0.15, -0.1) is 0 Å². The van der Waals surface area contributed by atoms with E-state index in [1.165, 1.54) is 0 Å². The van der Waals surface area contributed by atoms with Gasteiger partial charge in [-0.1, -0.05) is 6.42 Å². The van der Waals surface area contributed by atoms with Gasteiger partial charge in [0.1, 0.15) is 0 Å². The minimum atomic E-state index is -3.60. The molecule has 1 saturated carbocycles. The van der Waals surface area contributed by atoms with Crippen molar-refractivity contribution in [2.24, 2.45) is 0 Å². The fourth-order valence-electron chi connectivity index (χ4n) is 3.45. The van der Waals surface area contributed by atoms with E-state index in [1.807, 2.05) is 0 Å². The summed E-state index contributed by atoms with van der Waals surface area (Å²) in [6.07, 6.45) is 1.28. The molecule has 1 aromatic carbocycles. The molecular weight excluding hydrogens is 363 g/mol. The number of hydrogen-bond donors (Lipinski definition) is 1. The van der Waals surface area contributed by atoms with E-state index in [-0.39, 0.29) is 26.1 Å². The van der Waals surface area contributed by atoms with Crippen LogP contribution in [0.3, 0.4) is 0 Å². The van der Waals surface area contributed by atoms with Crippen LogP contribution in [-0.2, 0) is 8.85 Å². The fourth-order valence-corrected chi connectivity index (χ4v) is 5.99. The smallest absolute Gasteiger partial charge is 0.390 e. The summed E-state index contributed by atoms with van der Waals surface area (Å²) in [4.78, 5) is 10.7. The van der Waals surface area contributed by atoms with E-state index in [0.29, 0.717) is 12.8 Å². The molecule has 0 spiro atoms. The minimum Gasteiger partial charge on any atom is -0.390 e. The molecule has 0 radical (unpaired) electrons. The van der Waals surface area contributed by atoms with Gasteiger partial charge in [0, 0.05) is 24.3 Å². The molecule has 0 aromatic heterocycles. The molecule has 2 rings (SSSR count). The van der Waals surface area contributed by atoms with Crippen LogP contribution in [0, 0.1) is 29.1 Å². The van der Waals surface area contributed by atoms with Gasteiger partial charge in [-0.25, -0.2) is 22.0 Å². The van der Waals surface area contributed by atoms with Crippen LogP contribution in [0.4, 0.5) is 22.0 Å². The predicted molar refractivity (Wildman–Crippen MR) is 82.4 cm³/mol. The maximum atomic E-state index is 14.1. The Morgan fingerprint density at radius 3 is 1.84 bits per heavy atom. The van der Waals surface area contributed by atoms with Crippen LogP contribution >= 0.6 is 0 Å². The molecule has 2 atom stereocenters. The average molecular weight is 384 g/mol. The van der Waals surface area contributed by atoms with Crippen molar-refractivity contribution in [3.63, 3.8) is 0 Å². The van der Waals surface area contributed by atoms with Gasteiger partial charge in [-0.2, -0.15) is 0 Å². The van der Waals surface area contributed by atoms with Crippen LogP contribution in [0.25, 0.3) is 0 Å². The van der Waals surface area contributed by atoms with E-state index < -0.39 is 54.9 Å². The molecule has 0 aliphatic heterocycles. The molecule has 1 fully saturated rings. The van der Waals surface area contributed by atoms with Gasteiger partial charge in [-0.3, -0.25) is 0 Å². The van der Waals surface area contributed by atoms with Crippen molar-refractivity contribution in [1.29, 1.82) is 0 Å². The number of halogens is 5. The highest BCUT2D eigenvalue weighted by Gasteiger charge is 2.48. The summed E-state index contributed by atoms with van der Waals surface area (Å²) >= 11 is 0. The predicted octanol–water partition coefficient (Wildman–Crippen LogP) is 4.41. The Balaban J connectivity index is 2.36. The van der Waals surface area contributed by atoms with Crippen LogP contribution in [0.5, 0.6) is 0 Å². The molecule has 1 aromatic rings. The van der Waals surface area contributed by atoms with E-state index >= 15 is 0 Å². The Bertz CT molecular complexity index is 593. The van der Waals surface area contributed by atoms with E-state index in [9.17, 15) is 26.7 Å². The average Bonchev–Trinajstić information content (AvgIpc) is 2.59. The zero-order valence-corrected chi connectivity index (χ0v) is 15.1. The molecule has 9 heteroatoms. The largest absolute Gasteiger partial charge is 0.501 e. The highest BCUT2D eigenvalue weighted by atomic mass is 28.4. The summed E-state index contributed by atoms with van der Waals surface area (Å²) < 4.78 is 79.1. The first-order valence-electron chi connectivity index (χ1n) is 8.28. The number of rotatable bonds is 6. The summed E-state index contributed by atoms with van der Waals surface area (Å²) in [6.45, 7) is 3.77. The number of hydrogen-bond acceptors (Lipinski definition) is 3. The molecule has 1 aliphatic rings. The lowest BCUT2D eigenvalue weighted by molar-refractivity contribution is 0.0889. The van der Waals surface area contributed by atoms with Gasteiger partial charge in [0.2, 0.25) is 5.82 Å². The topological polar surface area (TPSA) is 38.7 Å². The standard InChI is InChI=1S/C16H21F5O3Si/c1-3-23-25(22,24-4-2)10-7-5-6-9(8-10)11-12(17)14(19)16(21)15(20)13(11)18/h9-10,22H,3-8H2,1-2H3. The Kier molecular flexibility index (Phi) is 6.58. The second kappa shape index (κ2) is 8.11. The van der Waals surface area contributed by atoms with E-state index in [0.717, 1.165) is 0 Å². The van der Waals surface area contributed by atoms with Crippen molar-refractivity contribution in [2.45, 2.75) is 51.0 Å². The Hall–Kier alpha value is -1.03. The van der Waals surface area contributed by atoms with Crippen molar-refractivity contribution in [2.75, 3.05) is 13.2 Å². The molecule has 142 valence electrons. The molecule has 2 unspecified atom stereocenters. The van der Waals surface area contributed by atoms with E-state index in [1.54, 1.807) is 13.8 Å². The molecule has 0 heterocycles. The zero-order chi connectivity index (χ0) is 18.8. The van der Waals surface area contributed by atoms with Gasteiger partial charge in [-0.05, 0) is 39.0 Å². The summed E-state index contributed by atoms with van der Waals surface area (Å²) in [6, 6.07) is 0. The second-order valence-electron chi connectivity index (χ2n) is 6.04. The third-order valence-corrected chi connectivity index (χ3v) is 7.51. The molecule has 0 bridgehead atoms.